The fourth-order valence-electron chi connectivity index (χ4n) is 1.67. The van der Waals surface area contributed by atoms with E-state index in [2.05, 4.69) is 9.47 Å². The van der Waals surface area contributed by atoms with Crippen molar-refractivity contribution in [1.82, 2.24) is 0 Å². The first-order chi connectivity index (χ1) is 10.8. The van der Waals surface area contributed by atoms with Crippen LogP contribution in [0.3, 0.4) is 0 Å². The van der Waals surface area contributed by atoms with Crippen molar-refractivity contribution in [3.8, 4) is 5.75 Å². The smallest absolute Gasteiger partial charge is 0.422 e. The highest BCUT2D eigenvalue weighted by Gasteiger charge is 2.65. The van der Waals surface area contributed by atoms with Crippen molar-refractivity contribution in [1.29, 1.82) is 0 Å². The number of carbonyl (C=O) groups excluding carboxylic acids is 1. The third kappa shape index (κ3) is 4.07. The zero-order chi connectivity index (χ0) is 16.9. The number of carbonyl (C=O) groups is 1. The molecule has 0 aliphatic carbocycles. The second-order valence-electron chi connectivity index (χ2n) is 4.57. The Morgan fingerprint density at radius 1 is 0.870 bits per heavy atom. The number of benzene rings is 2. The van der Waals surface area contributed by atoms with Crippen molar-refractivity contribution in [2.75, 3.05) is 0 Å². The largest absolute Gasteiger partial charge is 0.460 e. The van der Waals surface area contributed by atoms with E-state index >= 15 is 0 Å². The van der Waals surface area contributed by atoms with E-state index in [0.717, 1.165) is 0 Å². The van der Waals surface area contributed by atoms with Crippen LogP contribution in [0.5, 0.6) is 5.75 Å². The molecule has 0 spiro atoms. The minimum atomic E-state index is -5.58. The summed E-state index contributed by atoms with van der Waals surface area (Å²) in [5.74, 6) is -6.95. The Balaban J connectivity index is 2.16. The van der Waals surface area contributed by atoms with Crippen molar-refractivity contribution in [3.05, 3.63) is 66.2 Å². The molecule has 0 aliphatic heterocycles. The quantitative estimate of drug-likeness (QED) is 0.472. The van der Waals surface area contributed by atoms with Crippen LogP contribution in [-0.4, -0.2) is 18.0 Å². The van der Waals surface area contributed by atoms with Crippen LogP contribution < -0.4 is 4.74 Å². The first kappa shape index (κ1) is 17.0. The maximum absolute atomic E-state index is 14.2. The van der Waals surface area contributed by atoms with Gasteiger partial charge in [0.15, 0.2) is 0 Å². The van der Waals surface area contributed by atoms with Crippen LogP contribution in [-0.2, 0) is 16.1 Å². The highest BCUT2D eigenvalue weighted by atomic mass is 19.4. The van der Waals surface area contributed by atoms with E-state index in [0.29, 0.717) is 0 Å². The van der Waals surface area contributed by atoms with Gasteiger partial charge in [0.05, 0.1) is 6.61 Å². The topological polar surface area (TPSA) is 35.5 Å². The van der Waals surface area contributed by atoms with Gasteiger partial charge in [-0.05, 0) is 17.7 Å². The zero-order valence-corrected chi connectivity index (χ0v) is 11.7. The zero-order valence-electron chi connectivity index (χ0n) is 11.7. The summed E-state index contributed by atoms with van der Waals surface area (Å²) < 4.78 is 61.8. The number of halogens is 4. The third-order valence-electron chi connectivity index (χ3n) is 2.86. The van der Waals surface area contributed by atoms with Gasteiger partial charge in [-0.15, -0.1) is 0 Å². The lowest BCUT2D eigenvalue weighted by Gasteiger charge is -2.25. The van der Waals surface area contributed by atoms with Crippen molar-refractivity contribution in [2.24, 2.45) is 0 Å². The summed E-state index contributed by atoms with van der Waals surface area (Å²) in [6.45, 7) is -0.735. The van der Waals surface area contributed by atoms with Gasteiger partial charge in [-0.25, -0.2) is 4.79 Å². The second-order valence-corrected chi connectivity index (χ2v) is 4.57. The molecule has 0 heterocycles. The van der Waals surface area contributed by atoms with E-state index in [1.54, 1.807) is 24.3 Å². The van der Waals surface area contributed by atoms with Crippen LogP contribution >= 0.6 is 0 Å². The molecule has 1 atom stereocenters. The molecule has 0 fully saturated rings. The average Bonchev–Trinajstić information content (AvgIpc) is 2.53. The maximum atomic E-state index is 14.2. The van der Waals surface area contributed by atoms with Gasteiger partial charge >= 0.3 is 18.0 Å². The summed E-state index contributed by atoms with van der Waals surface area (Å²) in [5.41, 5.74) is 0.284. The Morgan fingerprint density at radius 2 is 1.39 bits per heavy atom. The monoisotopic (exact) mass is 328 g/mol. The minimum Gasteiger partial charge on any atom is -0.422 e. The summed E-state index contributed by atoms with van der Waals surface area (Å²) in [6.07, 6.45) is -5.58. The highest BCUT2D eigenvalue weighted by molar-refractivity contribution is 5.81. The summed E-state index contributed by atoms with van der Waals surface area (Å²) in [5, 5.41) is 0. The van der Waals surface area contributed by atoms with E-state index in [-0.39, 0.29) is 11.3 Å². The number of alkyl halides is 4. The molecule has 2 aromatic rings. The Hall–Kier alpha value is -2.41. The van der Waals surface area contributed by atoms with Crippen LogP contribution in [0.4, 0.5) is 17.6 Å². The molecular weight excluding hydrogens is 316 g/mol. The number of esters is 1. The lowest BCUT2D eigenvalue weighted by atomic mass is 10.2. The Morgan fingerprint density at radius 3 is 1.91 bits per heavy atom. The molecule has 122 valence electrons. The van der Waals surface area contributed by atoms with E-state index in [1.165, 1.54) is 36.4 Å². The van der Waals surface area contributed by atoms with E-state index in [4.69, 9.17) is 0 Å². The molecule has 1 unspecified atom stereocenters. The molecule has 2 rings (SSSR count). The highest BCUT2D eigenvalue weighted by Crippen LogP contribution is 2.37. The van der Waals surface area contributed by atoms with Gasteiger partial charge in [-0.3, -0.25) is 0 Å². The van der Waals surface area contributed by atoms with Gasteiger partial charge in [0, 0.05) is 0 Å². The fourth-order valence-corrected chi connectivity index (χ4v) is 1.67. The summed E-state index contributed by atoms with van der Waals surface area (Å²) in [7, 11) is 0. The van der Waals surface area contributed by atoms with Gasteiger partial charge in [0.2, 0.25) is 0 Å². The van der Waals surface area contributed by atoms with E-state index < -0.39 is 24.6 Å². The van der Waals surface area contributed by atoms with Crippen LogP contribution in [0.25, 0.3) is 0 Å². The Labute approximate surface area is 129 Å². The van der Waals surface area contributed by atoms with Crippen molar-refractivity contribution < 1.29 is 31.8 Å². The summed E-state index contributed by atoms with van der Waals surface area (Å²) in [6, 6.07) is 14.5. The number of ether oxygens (including phenoxy) is 2. The lowest BCUT2D eigenvalue weighted by Crippen LogP contribution is -2.52. The van der Waals surface area contributed by atoms with E-state index in [1.807, 2.05) is 0 Å². The fraction of sp³-hybridized carbons (Fsp3) is 0.188. The molecule has 23 heavy (non-hydrogen) atoms. The van der Waals surface area contributed by atoms with Crippen LogP contribution in [0.2, 0.25) is 0 Å². The van der Waals surface area contributed by atoms with Gasteiger partial charge < -0.3 is 9.47 Å². The SMILES string of the molecule is O=C(Oc1ccccc1)C(F)(OCc1ccccc1)C(F)(F)F. The van der Waals surface area contributed by atoms with Crippen molar-refractivity contribution in [2.45, 2.75) is 18.6 Å². The molecule has 0 radical (unpaired) electrons. The molecule has 0 saturated heterocycles. The third-order valence-corrected chi connectivity index (χ3v) is 2.86. The number of hydrogen-bond acceptors (Lipinski definition) is 3. The van der Waals surface area contributed by atoms with Crippen LogP contribution in [0.1, 0.15) is 5.56 Å². The summed E-state index contributed by atoms with van der Waals surface area (Å²) >= 11 is 0. The molecule has 0 N–H and O–H groups in total. The lowest BCUT2D eigenvalue weighted by molar-refractivity contribution is -0.324. The van der Waals surface area contributed by atoms with Crippen molar-refractivity contribution >= 4 is 5.97 Å². The predicted molar refractivity (Wildman–Crippen MR) is 73.2 cm³/mol. The van der Waals surface area contributed by atoms with Crippen molar-refractivity contribution in [3.63, 3.8) is 0 Å². The maximum Gasteiger partial charge on any atom is 0.460 e. The van der Waals surface area contributed by atoms with Gasteiger partial charge in [-0.1, -0.05) is 48.5 Å². The second kappa shape index (κ2) is 6.78. The standard InChI is InChI=1S/C16H12F4O3/c17-15(16(18,19)20,22-11-12-7-3-1-4-8-12)14(21)23-13-9-5-2-6-10-13/h1-10H,11H2. The minimum absolute atomic E-state index is 0.216. The Kier molecular flexibility index (Phi) is 5.00. The van der Waals surface area contributed by atoms with Crippen LogP contribution in [0.15, 0.2) is 60.7 Å². The molecule has 0 amide bonds. The number of para-hydroxylation sites is 1. The normalized spacial score (nSPS) is 14.1. The predicted octanol–water partition coefficient (Wildman–Crippen LogP) is 4.04. The molecule has 0 aromatic heterocycles. The first-order valence-electron chi connectivity index (χ1n) is 6.54. The Bertz CT molecular complexity index is 643. The molecule has 7 heteroatoms. The molecule has 2 aromatic carbocycles. The molecule has 0 aliphatic rings. The summed E-state index contributed by atoms with van der Waals surface area (Å²) in [4.78, 5) is 11.7. The number of rotatable bonds is 5. The van der Waals surface area contributed by atoms with Gasteiger partial charge in [0.1, 0.15) is 5.75 Å². The average molecular weight is 328 g/mol. The molecular formula is C16H12F4O3. The van der Waals surface area contributed by atoms with Gasteiger partial charge in [-0.2, -0.15) is 17.6 Å². The van der Waals surface area contributed by atoms with Crippen LogP contribution in [0, 0.1) is 0 Å². The molecule has 3 nitrogen and oxygen atoms in total. The first-order valence-corrected chi connectivity index (χ1v) is 6.54. The van der Waals surface area contributed by atoms with E-state index in [9.17, 15) is 22.4 Å². The molecule has 0 saturated carbocycles. The molecule has 0 bridgehead atoms. The number of hydrogen-bond donors (Lipinski definition) is 0. The van der Waals surface area contributed by atoms with Gasteiger partial charge in [0.25, 0.3) is 0 Å².